The van der Waals surface area contributed by atoms with E-state index in [0.717, 1.165) is 29.8 Å². The third kappa shape index (κ3) is 1.63. The zero-order valence-corrected chi connectivity index (χ0v) is 11.5. The number of nitrogens with one attached hydrogen (secondary N) is 2. The first kappa shape index (κ1) is 12.4. The zero-order valence-electron chi connectivity index (χ0n) is 11.5. The van der Waals surface area contributed by atoms with Gasteiger partial charge in [-0.2, -0.15) is 0 Å². The molecule has 106 valence electrons. The monoisotopic (exact) mass is 280 g/mol. The van der Waals surface area contributed by atoms with Crippen molar-refractivity contribution in [2.24, 2.45) is 0 Å². The van der Waals surface area contributed by atoms with Gasteiger partial charge in [-0.3, -0.25) is 4.79 Å². The highest BCUT2D eigenvalue weighted by Crippen LogP contribution is 2.50. The molecule has 1 spiro atoms. The van der Waals surface area contributed by atoms with Gasteiger partial charge in [0.15, 0.2) is 0 Å². The van der Waals surface area contributed by atoms with Crippen LogP contribution in [0.3, 0.4) is 0 Å². The van der Waals surface area contributed by atoms with E-state index >= 15 is 0 Å². The van der Waals surface area contributed by atoms with Crippen LogP contribution in [0, 0.1) is 0 Å². The van der Waals surface area contributed by atoms with E-state index in [1.54, 1.807) is 12.1 Å². The van der Waals surface area contributed by atoms with Crippen molar-refractivity contribution in [3.8, 4) is 5.75 Å². The maximum atomic E-state index is 12.7. The lowest BCUT2D eigenvalue weighted by atomic mass is 9.73. The van der Waals surface area contributed by atoms with E-state index in [2.05, 4.69) is 10.6 Å². The number of hydrogen-bond donors (Lipinski definition) is 3. The molecule has 2 aromatic carbocycles. The first-order valence-corrected chi connectivity index (χ1v) is 7.15. The molecule has 0 saturated carbocycles. The molecule has 2 unspecified atom stereocenters. The molecule has 1 fully saturated rings. The number of benzene rings is 2. The van der Waals surface area contributed by atoms with Gasteiger partial charge >= 0.3 is 0 Å². The molecule has 2 aromatic rings. The van der Waals surface area contributed by atoms with Crippen LogP contribution in [0.25, 0.3) is 0 Å². The fourth-order valence-electron chi connectivity index (χ4n) is 3.67. The molecule has 2 heterocycles. The summed E-state index contributed by atoms with van der Waals surface area (Å²) in [4.78, 5) is 12.7. The quantitative estimate of drug-likeness (QED) is 0.751. The highest BCUT2D eigenvalue weighted by Gasteiger charge is 2.55. The van der Waals surface area contributed by atoms with Crippen molar-refractivity contribution >= 4 is 11.6 Å². The van der Waals surface area contributed by atoms with Crippen LogP contribution in [0.5, 0.6) is 5.75 Å². The van der Waals surface area contributed by atoms with Gasteiger partial charge in [-0.25, -0.2) is 0 Å². The standard InChI is InChI=1S/C17H16N2O2/c20-12-7-5-11(6-8-12)15-17(9-10-18-15)13-3-1-2-4-14(13)19-16(17)21/h1-8,15,18,20H,9-10H2,(H,19,21). The van der Waals surface area contributed by atoms with Crippen LogP contribution in [0.4, 0.5) is 5.69 Å². The second kappa shape index (κ2) is 4.33. The second-order valence-corrected chi connectivity index (χ2v) is 5.70. The maximum absolute atomic E-state index is 12.7. The highest BCUT2D eigenvalue weighted by molar-refractivity contribution is 6.07. The van der Waals surface area contributed by atoms with Gasteiger partial charge in [0.05, 0.1) is 11.5 Å². The van der Waals surface area contributed by atoms with Crippen molar-refractivity contribution in [3.63, 3.8) is 0 Å². The summed E-state index contributed by atoms with van der Waals surface area (Å²) < 4.78 is 0. The Balaban J connectivity index is 1.86. The number of hydrogen-bond acceptors (Lipinski definition) is 3. The molecule has 0 aliphatic carbocycles. The molecule has 2 aliphatic rings. The fraction of sp³-hybridized carbons (Fsp3) is 0.235. The maximum Gasteiger partial charge on any atom is 0.237 e. The van der Waals surface area contributed by atoms with E-state index in [1.807, 2.05) is 36.4 Å². The Hall–Kier alpha value is -2.33. The van der Waals surface area contributed by atoms with Gasteiger partial charge in [-0.1, -0.05) is 30.3 Å². The molecule has 1 saturated heterocycles. The molecule has 0 aromatic heterocycles. The van der Waals surface area contributed by atoms with E-state index in [9.17, 15) is 9.90 Å². The number of carbonyl (C=O) groups excluding carboxylic acids is 1. The average Bonchev–Trinajstić information content (AvgIpc) is 3.05. The summed E-state index contributed by atoms with van der Waals surface area (Å²) in [6.45, 7) is 0.799. The van der Waals surface area contributed by atoms with Gasteiger partial charge in [0, 0.05) is 5.69 Å². The molecular formula is C17H16N2O2. The third-order valence-electron chi connectivity index (χ3n) is 4.65. The number of para-hydroxylation sites is 1. The molecule has 1 amide bonds. The minimum atomic E-state index is -0.548. The second-order valence-electron chi connectivity index (χ2n) is 5.70. The van der Waals surface area contributed by atoms with Gasteiger partial charge < -0.3 is 15.7 Å². The van der Waals surface area contributed by atoms with E-state index < -0.39 is 5.41 Å². The van der Waals surface area contributed by atoms with Crippen molar-refractivity contribution in [2.45, 2.75) is 17.9 Å². The normalized spacial score (nSPS) is 26.9. The lowest BCUT2D eigenvalue weighted by Gasteiger charge is -2.29. The number of anilines is 1. The first-order valence-electron chi connectivity index (χ1n) is 7.15. The van der Waals surface area contributed by atoms with E-state index in [1.165, 1.54) is 0 Å². The van der Waals surface area contributed by atoms with Gasteiger partial charge in [0.2, 0.25) is 5.91 Å². The fourth-order valence-corrected chi connectivity index (χ4v) is 3.67. The van der Waals surface area contributed by atoms with Crippen LogP contribution < -0.4 is 10.6 Å². The van der Waals surface area contributed by atoms with Crippen molar-refractivity contribution in [3.05, 3.63) is 59.7 Å². The molecule has 4 rings (SSSR count). The summed E-state index contributed by atoms with van der Waals surface area (Å²) in [6, 6.07) is 14.9. The van der Waals surface area contributed by atoms with Gasteiger partial charge in [-0.15, -0.1) is 0 Å². The first-order chi connectivity index (χ1) is 10.2. The third-order valence-corrected chi connectivity index (χ3v) is 4.65. The van der Waals surface area contributed by atoms with Crippen LogP contribution in [-0.4, -0.2) is 17.6 Å². The smallest absolute Gasteiger partial charge is 0.237 e. The Bertz CT molecular complexity index is 711. The molecule has 2 aliphatic heterocycles. The lowest BCUT2D eigenvalue weighted by molar-refractivity contribution is -0.121. The number of phenols is 1. The van der Waals surface area contributed by atoms with Crippen LogP contribution >= 0.6 is 0 Å². The van der Waals surface area contributed by atoms with Gasteiger partial charge in [-0.05, 0) is 42.3 Å². The molecule has 0 radical (unpaired) electrons. The summed E-state index contributed by atoms with van der Waals surface area (Å²) in [5.41, 5.74) is 2.46. The van der Waals surface area contributed by atoms with Crippen molar-refractivity contribution in [2.75, 3.05) is 11.9 Å². The predicted octanol–water partition coefficient (Wildman–Crippen LogP) is 2.32. The Morgan fingerprint density at radius 2 is 1.86 bits per heavy atom. The highest BCUT2D eigenvalue weighted by atomic mass is 16.3. The Labute approximate surface area is 122 Å². The Morgan fingerprint density at radius 3 is 2.67 bits per heavy atom. The molecule has 4 nitrogen and oxygen atoms in total. The summed E-state index contributed by atoms with van der Waals surface area (Å²) in [5.74, 6) is 0.300. The van der Waals surface area contributed by atoms with Crippen molar-refractivity contribution in [1.82, 2.24) is 5.32 Å². The van der Waals surface area contributed by atoms with Crippen molar-refractivity contribution < 1.29 is 9.90 Å². The summed E-state index contributed by atoms with van der Waals surface area (Å²) in [6.07, 6.45) is 0.779. The SMILES string of the molecule is O=C1Nc2ccccc2C12CCNC2c1ccc(O)cc1. The Morgan fingerprint density at radius 1 is 1.10 bits per heavy atom. The number of carbonyl (C=O) groups is 1. The lowest BCUT2D eigenvalue weighted by Crippen LogP contribution is -2.39. The average molecular weight is 280 g/mol. The summed E-state index contributed by atoms with van der Waals surface area (Å²) in [7, 11) is 0. The number of rotatable bonds is 1. The van der Waals surface area contributed by atoms with Gasteiger partial charge in [0.1, 0.15) is 5.75 Å². The summed E-state index contributed by atoms with van der Waals surface area (Å²) >= 11 is 0. The van der Waals surface area contributed by atoms with Crippen LogP contribution in [0.2, 0.25) is 0 Å². The summed E-state index contributed by atoms with van der Waals surface area (Å²) in [5, 5.41) is 15.9. The largest absolute Gasteiger partial charge is 0.508 e. The number of aromatic hydroxyl groups is 1. The van der Waals surface area contributed by atoms with E-state index in [-0.39, 0.29) is 17.7 Å². The molecule has 21 heavy (non-hydrogen) atoms. The van der Waals surface area contributed by atoms with E-state index in [0.29, 0.717) is 0 Å². The van der Waals surface area contributed by atoms with Crippen LogP contribution in [0.15, 0.2) is 48.5 Å². The number of amides is 1. The van der Waals surface area contributed by atoms with Gasteiger partial charge in [0.25, 0.3) is 0 Å². The van der Waals surface area contributed by atoms with Crippen LogP contribution in [0.1, 0.15) is 23.6 Å². The molecule has 3 N–H and O–H groups in total. The topological polar surface area (TPSA) is 61.4 Å². The minimum absolute atomic E-state index is 0.0618. The predicted molar refractivity (Wildman–Crippen MR) is 80.2 cm³/mol. The molecular weight excluding hydrogens is 264 g/mol. The van der Waals surface area contributed by atoms with Crippen LogP contribution in [-0.2, 0) is 10.2 Å². The molecule has 0 bridgehead atoms. The Kier molecular flexibility index (Phi) is 2.56. The zero-order chi connectivity index (χ0) is 14.4. The number of phenolic OH excluding ortho intramolecular Hbond substituents is 1. The molecule has 2 atom stereocenters. The minimum Gasteiger partial charge on any atom is -0.508 e. The van der Waals surface area contributed by atoms with E-state index in [4.69, 9.17) is 0 Å². The van der Waals surface area contributed by atoms with Crippen molar-refractivity contribution in [1.29, 1.82) is 0 Å². The molecule has 4 heteroatoms. The number of fused-ring (bicyclic) bond motifs is 2.